The highest BCUT2D eigenvalue weighted by molar-refractivity contribution is 8.02. The van der Waals surface area contributed by atoms with Gasteiger partial charge in [-0.25, -0.2) is 0 Å². The number of hydrogen-bond acceptors (Lipinski definition) is 6. The van der Waals surface area contributed by atoms with Gasteiger partial charge >= 0.3 is 0 Å². The van der Waals surface area contributed by atoms with Crippen molar-refractivity contribution in [3.05, 3.63) is 143 Å². The molecule has 4 aromatic rings. The highest BCUT2D eigenvalue weighted by Crippen LogP contribution is 2.37. The van der Waals surface area contributed by atoms with Crippen LogP contribution >= 0.6 is 35.3 Å². The van der Waals surface area contributed by atoms with Crippen molar-refractivity contribution < 1.29 is 0 Å². The molecule has 2 aliphatic rings. The van der Waals surface area contributed by atoms with Gasteiger partial charge in [-0.05, 0) is 84.5 Å². The molecule has 6 rings (SSSR count). The number of rotatable bonds is 8. The van der Waals surface area contributed by atoms with Crippen LogP contribution in [0.1, 0.15) is 32.8 Å². The molecule has 39 heavy (non-hydrogen) atoms. The minimum absolute atomic E-state index is 0.110. The standard InChI is InChI=1S/C33H29N3S3/c1-2-37-31(34)25-9-3-22(4-10-25)28-19-29(23-5-11-26(12-6-23)32-35-15-17-38-32)21-30(20-28)24-7-13-27(14-8-24)33-36-16-18-39-33/h2-21,31-33,35-36H,1,34H2. The van der Waals surface area contributed by atoms with Gasteiger partial charge in [0.25, 0.3) is 0 Å². The van der Waals surface area contributed by atoms with Crippen LogP contribution in [0.4, 0.5) is 0 Å². The summed E-state index contributed by atoms with van der Waals surface area (Å²) in [5.74, 6) is 0. The summed E-state index contributed by atoms with van der Waals surface area (Å²) in [5, 5.41) is 13.2. The Morgan fingerprint density at radius 1 is 0.641 bits per heavy atom. The number of benzene rings is 4. The quantitative estimate of drug-likeness (QED) is 0.186. The average molecular weight is 564 g/mol. The Hall–Kier alpha value is -3.29. The SMILES string of the molecule is C=CSC(N)c1ccc(-c2cc(-c3ccc(C4NC=CS4)cc3)cc(-c3ccc(C4NC=CS4)cc3)c2)cc1. The second-order valence-corrected chi connectivity index (χ2v) is 12.5. The zero-order chi connectivity index (χ0) is 26.6. The molecule has 3 nitrogen and oxygen atoms in total. The van der Waals surface area contributed by atoms with Crippen molar-refractivity contribution in [1.82, 2.24) is 10.6 Å². The molecule has 0 fully saturated rings. The molecule has 0 amide bonds. The molecule has 3 unspecified atom stereocenters. The first kappa shape index (κ1) is 26.0. The summed E-state index contributed by atoms with van der Waals surface area (Å²) in [6, 6.07) is 33.3. The summed E-state index contributed by atoms with van der Waals surface area (Å²) in [7, 11) is 0. The lowest BCUT2D eigenvalue weighted by atomic mass is 9.92. The predicted molar refractivity (Wildman–Crippen MR) is 173 cm³/mol. The molecule has 0 radical (unpaired) electrons. The molecule has 2 aliphatic heterocycles. The Balaban J connectivity index is 1.36. The number of thioether (sulfide) groups is 3. The second kappa shape index (κ2) is 11.8. The second-order valence-electron chi connectivity index (χ2n) is 9.36. The molecule has 4 aromatic carbocycles. The molecular formula is C33H29N3S3. The average Bonchev–Trinajstić information content (AvgIpc) is 3.73. The normalized spacial score (nSPS) is 18.5. The van der Waals surface area contributed by atoms with E-state index < -0.39 is 0 Å². The zero-order valence-electron chi connectivity index (χ0n) is 21.3. The van der Waals surface area contributed by atoms with E-state index in [0.29, 0.717) is 0 Å². The third kappa shape index (κ3) is 5.85. The van der Waals surface area contributed by atoms with Gasteiger partial charge in [-0.1, -0.05) is 79.4 Å². The molecule has 3 atom stereocenters. The largest absolute Gasteiger partial charge is 0.375 e. The number of hydrogen-bond donors (Lipinski definition) is 3. The third-order valence-electron chi connectivity index (χ3n) is 6.90. The van der Waals surface area contributed by atoms with Crippen LogP contribution in [0.3, 0.4) is 0 Å². The molecule has 0 bridgehead atoms. The summed E-state index contributed by atoms with van der Waals surface area (Å²) < 4.78 is 0. The van der Waals surface area contributed by atoms with E-state index in [1.807, 2.05) is 12.4 Å². The Kier molecular flexibility index (Phi) is 7.88. The lowest BCUT2D eigenvalue weighted by Crippen LogP contribution is -2.06. The highest BCUT2D eigenvalue weighted by Gasteiger charge is 2.15. The van der Waals surface area contributed by atoms with Crippen LogP contribution in [0.5, 0.6) is 0 Å². The molecule has 2 heterocycles. The van der Waals surface area contributed by atoms with Crippen LogP contribution in [-0.4, -0.2) is 0 Å². The van der Waals surface area contributed by atoms with Gasteiger partial charge in [0, 0.05) is 12.4 Å². The highest BCUT2D eigenvalue weighted by atomic mass is 32.2. The summed E-state index contributed by atoms with van der Waals surface area (Å²) in [6.45, 7) is 3.79. The van der Waals surface area contributed by atoms with Gasteiger partial charge in [0.1, 0.15) is 10.7 Å². The van der Waals surface area contributed by atoms with E-state index in [4.69, 9.17) is 5.73 Å². The van der Waals surface area contributed by atoms with Gasteiger partial charge in [-0.2, -0.15) is 0 Å². The molecule has 4 N–H and O–H groups in total. The molecule has 194 valence electrons. The molecular weight excluding hydrogens is 535 g/mol. The van der Waals surface area contributed by atoms with Crippen molar-refractivity contribution in [2.24, 2.45) is 5.73 Å². The molecule has 0 saturated heterocycles. The molecule has 0 aliphatic carbocycles. The lowest BCUT2D eigenvalue weighted by Gasteiger charge is -2.15. The van der Waals surface area contributed by atoms with Crippen molar-refractivity contribution in [2.75, 3.05) is 0 Å². The summed E-state index contributed by atoms with van der Waals surface area (Å²) in [5.41, 5.74) is 17.1. The van der Waals surface area contributed by atoms with E-state index in [-0.39, 0.29) is 16.1 Å². The van der Waals surface area contributed by atoms with Crippen molar-refractivity contribution in [3.8, 4) is 33.4 Å². The maximum atomic E-state index is 6.28. The van der Waals surface area contributed by atoms with E-state index in [0.717, 1.165) is 5.56 Å². The van der Waals surface area contributed by atoms with Gasteiger partial charge in [-0.15, -0.1) is 35.3 Å². The van der Waals surface area contributed by atoms with Crippen molar-refractivity contribution in [3.63, 3.8) is 0 Å². The van der Waals surface area contributed by atoms with Crippen molar-refractivity contribution in [1.29, 1.82) is 0 Å². The van der Waals surface area contributed by atoms with Gasteiger partial charge in [0.05, 0.1) is 5.37 Å². The van der Waals surface area contributed by atoms with E-state index in [1.165, 1.54) is 56.3 Å². The van der Waals surface area contributed by atoms with Gasteiger partial charge < -0.3 is 16.4 Å². The number of nitrogens with two attached hydrogens (primary N) is 1. The minimum atomic E-state index is -0.110. The van der Waals surface area contributed by atoms with Gasteiger partial charge in [0.2, 0.25) is 0 Å². The maximum Gasteiger partial charge on any atom is 0.102 e. The summed E-state index contributed by atoms with van der Waals surface area (Å²) >= 11 is 5.12. The fourth-order valence-electron chi connectivity index (χ4n) is 4.79. The van der Waals surface area contributed by atoms with Crippen LogP contribution in [0, 0.1) is 0 Å². The van der Waals surface area contributed by atoms with Crippen molar-refractivity contribution >= 4 is 35.3 Å². The fourth-order valence-corrected chi connectivity index (χ4v) is 6.89. The van der Waals surface area contributed by atoms with Crippen molar-refractivity contribution in [2.45, 2.75) is 16.1 Å². The Morgan fingerprint density at radius 3 is 1.41 bits per heavy atom. The molecule has 0 saturated carbocycles. The van der Waals surface area contributed by atoms with Crippen LogP contribution in [-0.2, 0) is 0 Å². The Morgan fingerprint density at radius 2 is 1.05 bits per heavy atom. The summed E-state index contributed by atoms with van der Waals surface area (Å²) in [6.07, 6.45) is 4.02. The van der Waals surface area contributed by atoms with Gasteiger partial charge in [0.15, 0.2) is 0 Å². The maximum absolute atomic E-state index is 6.28. The molecule has 6 heteroatoms. The third-order valence-corrected chi connectivity index (χ3v) is 9.61. The first-order valence-electron chi connectivity index (χ1n) is 12.8. The molecule has 0 aromatic heterocycles. The van der Waals surface area contributed by atoms with Crippen LogP contribution < -0.4 is 16.4 Å². The van der Waals surface area contributed by atoms with Gasteiger partial charge in [-0.3, -0.25) is 0 Å². The lowest BCUT2D eigenvalue weighted by molar-refractivity contribution is 0.862. The Bertz CT molecular complexity index is 1410. The van der Waals surface area contributed by atoms with Crippen LogP contribution in [0.15, 0.2) is 126 Å². The first-order chi connectivity index (χ1) is 19.2. The van der Waals surface area contributed by atoms with E-state index in [1.54, 1.807) is 28.9 Å². The predicted octanol–water partition coefficient (Wildman–Crippen LogP) is 9.13. The topological polar surface area (TPSA) is 50.1 Å². The Labute approximate surface area is 243 Å². The van der Waals surface area contributed by atoms with E-state index in [2.05, 4.69) is 119 Å². The van der Waals surface area contributed by atoms with Crippen LogP contribution in [0.2, 0.25) is 0 Å². The minimum Gasteiger partial charge on any atom is -0.375 e. The fraction of sp³-hybridized carbons (Fsp3) is 0.0909. The zero-order valence-corrected chi connectivity index (χ0v) is 23.7. The smallest absolute Gasteiger partial charge is 0.102 e. The van der Waals surface area contributed by atoms with E-state index >= 15 is 0 Å². The van der Waals surface area contributed by atoms with Crippen LogP contribution in [0.25, 0.3) is 33.4 Å². The monoisotopic (exact) mass is 563 g/mol. The van der Waals surface area contributed by atoms with E-state index in [9.17, 15) is 0 Å². The number of nitrogens with one attached hydrogen (secondary N) is 2. The first-order valence-corrected chi connectivity index (χ1v) is 15.6. The molecule has 0 spiro atoms. The summed E-state index contributed by atoms with van der Waals surface area (Å²) in [4.78, 5) is 0.